The van der Waals surface area contributed by atoms with E-state index in [2.05, 4.69) is 28.5 Å². The van der Waals surface area contributed by atoms with Gasteiger partial charge in [-0.25, -0.2) is 13.4 Å². The average Bonchev–Trinajstić information content (AvgIpc) is 3.11. The predicted octanol–water partition coefficient (Wildman–Crippen LogP) is 5.38. The smallest absolute Gasteiger partial charge is 0.262 e. The van der Waals surface area contributed by atoms with Crippen LogP contribution in [0.1, 0.15) is 30.0 Å². The summed E-state index contributed by atoms with van der Waals surface area (Å²) in [6, 6.07) is 11.3. The number of rotatable bonds is 7. The lowest BCUT2D eigenvalue weighted by molar-refractivity contribution is 0.600. The Hall–Kier alpha value is -2.38. The van der Waals surface area contributed by atoms with E-state index in [0.29, 0.717) is 11.3 Å². The van der Waals surface area contributed by atoms with Crippen LogP contribution < -0.4 is 9.62 Å². The molecule has 0 aliphatic heterocycles. The SMILES string of the molecule is CCN(CC)c1ccc(NS(=O)(=O)c2cc(-c3csc(C)n3)ccc2C)c(C)c1. The standard InChI is InChI=1S/C22H27N3O2S2/c1-6-25(7-2)19-10-11-20(16(4)12-19)24-29(26,27)22-13-18(9-8-15(22)3)21-14-28-17(5)23-21/h8-14,24H,6-7H2,1-5H3. The van der Waals surface area contributed by atoms with Crippen molar-refractivity contribution in [1.82, 2.24) is 4.98 Å². The average molecular weight is 430 g/mol. The summed E-state index contributed by atoms with van der Waals surface area (Å²) in [7, 11) is -3.72. The molecule has 0 bridgehead atoms. The lowest BCUT2D eigenvalue weighted by Gasteiger charge is -2.22. The number of aryl methyl sites for hydroxylation is 3. The number of aromatic nitrogens is 1. The second-order valence-corrected chi connectivity index (χ2v) is 9.72. The van der Waals surface area contributed by atoms with Gasteiger partial charge in [0.1, 0.15) is 0 Å². The molecule has 0 fully saturated rings. The molecule has 2 aromatic carbocycles. The fraction of sp³-hybridized carbons (Fsp3) is 0.318. The second kappa shape index (κ2) is 8.55. The van der Waals surface area contributed by atoms with Gasteiger partial charge in [-0.1, -0.05) is 12.1 Å². The fourth-order valence-electron chi connectivity index (χ4n) is 3.29. The number of hydrogen-bond acceptors (Lipinski definition) is 5. The molecular weight excluding hydrogens is 402 g/mol. The minimum atomic E-state index is -3.72. The van der Waals surface area contributed by atoms with Crippen LogP contribution in [0.5, 0.6) is 0 Å². The van der Waals surface area contributed by atoms with E-state index in [1.54, 1.807) is 24.3 Å². The molecule has 0 aliphatic rings. The molecule has 154 valence electrons. The molecule has 0 radical (unpaired) electrons. The van der Waals surface area contributed by atoms with Crippen molar-refractivity contribution < 1.29 is 8.42 Å². The Balaban J connectivity index is 1.94. The molecule has 3 aromatic rings. The molecule has 29 heavy (non-hydrogen) atoms. The minimum absolute atomic E-state index is 0.271. The van der Waals surface area contributed by atoms with Crippen LogP contribution in [0.2, 0.25) is 0 Å². The van der Waals surface area contributed by atoms with E-state index in [1.807, 2.05) is 49.6 Å². The van der Waals surface area contributed by atoms with Gasteiger partial charge in [-0.3, -0.25) is 4.72 Å². The Morgan fingerprint density at radius 1 is 1.00 bits per heavy atom. The number of hydrogen-bond donors (Lipinski definition) is 1. The zero-order valence-electron chi connectivity index (χ0n) is 17.5. The van der Waals surface area contributed by atoms with Gasteiger partial charge in [-0.2, -0.15) is 0 Å². The van der Waals surface area contributed by atoms with Crippen molar-refractivity contribution in [2.75, 3.05) is 22.7 Å². The van der Waals surface area contributed by atoms with E-state index >= 15 is 0 Å². The number of nitrogens with zero attached hydrogens (tertiary/aromatic N) is 2. The normalized spacial score (nSPS) is 11.5. The lowest BCUT2D eigenvalue weighted by Crippen LogP contribution is -2.22. The summed E-state index contributed by atoms with van der Waals surface area (Å²) < 4.78 is 29.1. The van der Waals surface area contributed by atoms with Gasteiger partial charge in [0.25, 0.3) is 10.0 Å². The van der Waals surface area contributed by atoms with Gasteiger partial charge in [0, 0.05) is 29.7 Å². The number of benzene rings is 2. The molecule has 7 heteroatoms. The van der Waals surface area contributed by atoms with E-state index in [9.17, 15) is 8.42 Å². The van der Waals surface area contributed by atoms with E-state index in [4.69, 9.17) is 0 Å². The molecule has 5 nitrogen and oxygen atoms in total. The Labute approximate surface area is 177 Å². The molecule has 1 N–H and O–H groups in total. The maximum absolute atomic E-state index is 13.2. The molecule has 0 saturated heterocycles. The molecule has 3 rings (SSSR count). The molecule has 0 saturated carbocycles. The number of anilines is 2. The highest BCUT2D eigenvalue weighted by Gasteiger charge is 2.20. The van der Waals surface area contributed by atoms with Gasteiger partial charge in [0.05, 0.1) is 21.3 Å². The van der Waals surface area contributed by atoms with E-state index in [0.717, 1.165) is 40.6 Å². The summed E-state index contributed by atoms with van der Waals surface area (Å²) in [5.74, 6) is 0. The van der Waals surface area contributed by atoms with Gasteiger partial charge in [-0.15, -0.1) is 11.3 Å². The van der Waals surface area contributed by atoms with E-state index in [-0.39, 0.29) is 4.90 Å². The Morgan fingerprint density at radius 2 is 1.72 bits per heavy atom. The second-order valence-electron chi connectivity index (χ2n) is 7.01. The summed E-state index contributed by atoms with van der Waals surface area (Å²) >= 11 is 1.55. The first-order valence-corrected chi connectivity index (χ1v) is 12.0. The minimum Gasteiger partial charge on any atom is -0.372 e. The topological polar surface area (TPSA) is 62.3 Å². The summed E-state index contributed by atoms with van der Waals surface area (Å²) in [6.45, 7) is 11.7. The Morgan fingerprint density at radius 3 is 2.31 bits per heavy atom. The first kappa shape index (κ1) is 21.3. The summed E-state index contributed by atoms with van der Waals surface area (Å²) in [5, 5.41) is 2.90. The van der Waals surface area contributed by atoms with Crippen LogP contribution in [0.25, 0.3) is 11.3 Å². The van der Waals surface area contributed by atoms with Gasteiger partial charge in [0.2, 0.25) is 0 Å². The van der Waals surface area contributed by atoms with E-state index in [1.165, 1.54) is 0 Å². The van der Waals surface area contributed by atoms with Crippen LogP contribution in [0.15, 0.2) is 46.7 Å². The highest BCUT2D eigenvalue weighted by atomic mass is 32.2. The van der Waals surface area contributed by atoms with Crippen LogP contribution in [-0.2, 0) is 10.0 Å². The zero-order chi connectivity index (χ0) is 21.2. The van der Waals surface area contributed by atoms with Crippen molar-refractivity contribution in [3.8, 4) is 11.3 Å². The summed E-state index contributed by atoms with van der Waals surface area (Å²) in [4.78, 5) is 6.97. The first-order chi connectivity index (χ1) is 13.7. The highest BCUT2D eigenvalue weighted by molar-refractivity contribution is 7.92. The quantitative estimate of drug-likeness (QED) is 0.547. The third-order valence-electron chi connectivity index (χ3n) is 4.98. The molecule has 0 atom stereocenters. The van der Waals surface area contributed by atoms with Crippen LogP contribution in [0.3, 0.4) is 0 Å². The summed E-state index contributed by atoms with van der Waals surface area (Å²) in [5.41, 5.74) is 4.87. The number of nitrogens with one attached hydrogen (secondary N) is 1. The first-order valence-electron chi connectivity index (χ1n) is 9.66. The molecule has 1 heterocycles. The fourth-order valence-corrected chi connectivity index (χ4v) is 5.32. The zero-order valence-corrected chi connectivity index (χ0v) is 19.1. The van der Waals surface area contributed by atoms with Crippen molar-refractivity contribution in [3.63, 3.8) is 0 Å². The third kappa shape index (κ3) is 4.62. The Kier molecular flexibility index (Phi) is 6.29. The maximum atomic E-state index is 13.2. The molecule has 0 spiro atoms. The molecule has 1 aromatic heterocycles. The van der Waals surface area contributed by atoms with Crippen molar-refractivity contribution in [2.24, 2.45) is 0 Å². The van der Waals surface area contributed by atoms with Crippen LogP contribution >= 0.6 is 11.3 Å². The van der Waals surface area contributed by atoms with Crippen LogP contribution in [0.4, 0.5) is 11.4 Å². The molecule has 0 aliphatic carbocycles. The molecule has 0 amide bonds. The summed E-state index contributed by atoms with van der Waals surface area (Å²) in [6.07, 6.45) is 0. The number of sulfonamides is 1. The third-order valence-corrected chi connectivity index (χ3v) is 7.26. The van der Waals surface area contributed by atoms with Crippen molar-refractivity contribution in [3.05, 3.63) is 57.9 Å². The van der Waals surface area contributed by atoms with Crippen molar-refractivity contribution >= 4 is 32.7 Å². The van der Waals surface area contributed by atoms with Crippen molar-refractivity contribution in [2.45, 2.75) is 39.5 Å². The van der Waals surface area contributed by atoms with E-state index < -0.39 is 10.0 Å². The predicted molar refractivity (Wildman–Crippen MR) is 123 cm³/mol. The van der Waals surface area contributed by atoms with Crippen molar-refractivity contribution in [1.29, 1.82) is 0 Å². The Bertz CT molecular complexity index is 1120. The largest absolute Gasteiger partial charge is 0.372 e. The monoisotopic (exact) mass is 429 g/mol. The highest BCUT2D eigenvalue weighted by Crippen LogP contribution is 2.29. The van der Waals surface area contributed by atoms with Gasteiger partial charge >= 0.3 is 0 Å². The number of thiazole rings is 1. The molecule has 0 unspecified atom stereocenters. The molecular formula is C22H27N3O2S2. The van der Waals surface area contributed by atoms with Gasteiger partial charge in [0.15, 0.2) is 0 Å². The maximum Gasteiger partial charge on any atom is 0.262 e. The van der Waals surface area contributed by atoms with Gasteiger partial charge < -0.3 is 4.90 Å². The van der Waals surface area contributed by atoms with Gasteiger partial charge in [-0.05, 0) is 70.0 Å². The lowest BCUT2D eigenvalue weighted by atomic mass is 10.1. The van der Waals surface area contributed by atoms with Crippen LogP contribution in [-0.4, -0.2) is 26.5 Å². The van der Waals surface area contributed by atoms with Crippen LogP contribution in [0, 0.1) is 20.8 Å².